The molecule has 3 nitrogen and oxygen atoms in total. The zero-order chi connectivity index (χ0) is 9.68. The summed E-state index contributed by atoms with van der Waals surface area (Å²) >= 11 is 0. The van der Waals surface area contributed by atoms with Crippen molar-refractivity contribution in [3.05, 3.63) is 36.4 Å². The topological polar surface area (TPSA) is 49.7 Å². The molecule has 0 unspecified atom stereocenters. The minimum atomic E-state index is 0.147. The van der Waals surface area contributed by atoms with Crippen molar-refractivity contribution in [3.63, 3.8) is 0 Å². The Balaban J connectivity index is 2.88. The van der Waals surface area contributed by atoms with Crippen LogP contribution in [0.5, 0.6) is 5.75 Å². The molecule has 0 saturated heterocycles. The number of rotatable bonds is 3. The average molecular weight is 175 g/mol. The van der Waals surface area contributed by atoms with E-state index in [0.29, 0.717) is 11.1 Å². The molecule has 0 saturated carbocycles. The molecule has 0 amide bonds. The largest absolute Gasteiger partial charge is 0.507 e. The molecule has 1 N–H and O–H groups in total. The van der Waals surface area contributed by atoms with Crippen LogP contribution in [-0.2, 0) is 4.79 Å². The van der Waals surface area contributed by atoms with Gasteiger partial charge in [-0.05, 0) is 11.6 Å². The van der Waals surface area contributed by atoms with E-state index >= 15 is 0 Å². The Kier molecular flexibility index (Phi) is 3.01. The Morgan fingerprint density at radius 3 is 2.85 bits per heavy atom. The quantitative estimate of drug-likeness (QED) is 0.562. The molecule has 0 heterocycles. The van der Waals surface area contributed by atoms with Crippen molar-refractivity contribution < 1.29 is 9.90 Å². The fraction of sp³-hybridized carbons (Fsp3) is 0.100. The van der Waals surface area contributed by atoms with Crippen LogP contribution >= 0.6 is 0 Å². The van der Waals surface area contributed by atoms with Gasteiger partial charge in [0.2, 0.25) is 6.08 Å². The normalized spacial score (nSPS) is 8.92. The fourth-order valence-corrected chi connectivity index (χ4v) is 0.985. The van der Waals surface area contributed by atoms with E-state index < -0.39 is 0 Å². The van der Waals surface area contributed by atoms with Crippen molar-refractivity contribution in [2.24, 2.45) is 4.99 Å². The molecule has 66 valence electrons. The van der Waals surface area contributed by atoms with E-state index in [0.717, 1.165) is 0 Å². The summed E-state index contributed by atoms with van der Waals surface area (Å²) < 4.78 is 0. The highest BCUT2D eigenvalue weighted by molar-refractivity contribution is 5.70. The first-order chi connectivity index (χ1) is 6.25. The van der Waals surface area contributed by atoms with Gasteiger partial charge in [-0.1, -0.05) is 24.8 Å². The summed E-state index contributed by atoms with van der Waals surface area (Å²) in [6.45, 7) is 3.86. The number of phenols is 1. The van der Waals surface area contributed by atoms with Crippen molar-refractivity contribution in [2.75, 3.05) is 6.54 Å². The van der Waals surface area contributed by atoms with Crippen molar-refractivity contribution in [1.82, 2.24) is 0 Å². The number of hydrogen-bond acceptors (Lipinski definition) is 3. The predicted octanol–water partition coefficient (Wildman–Crippen LogP) is 1.74. The summed E-state index contributed by atoms with van der Waals surface area (Å²) in [5.74, 6) is 0.147. The van der Waals surface area contributed by atoms with Gasteiger partial charge in [0.05, 0.1) is 6.54 Å². The first-order valence-corrected chi connectivity index (χ1v) is 3.75. The molecule has 0 aliphatic carbocycles. The van der Waals surface area contributed by atoms with Crippen LogP contribution in [0.2, 0.25) is 0 Å². The average Bonchev–Trinajstić information content (AvgIpc) is 2.15. The Morgan fingerprint density at radius 1 is 1.54 bits per heavy atom. The highest BCUT2D eigenvalue weighted by Crippen LogP contribution is 2.22. The van der Waals surface area contributed by atoms with Gasteiger partial charge in [0.15, 0.2) is 0 Å². The number of aromatic hydroxyl groups is 1. The molecule has 0 radical (unpaired) electrons. The Bertz CT molecular complexity index is 365. The van der Waals surface area contributed by atoms with Gasteiger partial charge < -0.3 is 5.11 Å². The minimum absolute atomic E-state index is 0.147. The maximum atomic E-state index is 9.83. The summed E-state index contributed by atoms with van der Waals surface area (Å²) in [6, 6.07) is 6.78. The molecular weight excluding hydrogens is 166 g/mol. The van der Waals surface area contributed by atoms with Crippen LogP contribution < -0.4 is 0 Å². The number of nitrogens with zero attached hydrogens (tertiary/aromatic N) is 1. The molecule has 0 atom stereocenters. The van der Waals surface area contributed by atoms with E-state index in [4.69, 9.17) is 0 Å². The van der Waals surface area contributed by atoms with Gasteiger partial charge >= 0.3 is 0 Å². The molecule has 1 aromatic rings. The molecule has 0 fully saturated rings. The van der Waals surface area contributed by atoms with E-state index in [1.165, 1.54) is 6.08 Å². The molecule has 0 aliphatic heterocycles. The lowest BCUT2D eigenvalue weighted by Gasteiger charge is -2.03. The zero-order valence-electron chi connectivity index (χ0n) is 7.03. The van der Waals surface area contributed by atoms with Gasteiger partial charge in [-0.2, -0.15) is 0 Å². The third-order valence-corrected chi connectivity index (χ3v) is 1.62. The number of phenolic OH excluding ortho intramolecular Hbond substituents is 1. The molecule has 13 heavy (non-hydrogen) atoms. The van der Waals surface area contributed by atoms with Crippen molar-refractivity contribution in [2.45, 2.75) is 0 Å². The lowest BCUT2D eigenvalue weighted by atomic mass is 10.1. The molecule has 1 rings (SSSR count). The van der Waals surface area contributed by atoms with Crippen LogP contribution in [0.25, 0.3) is 5.57 Å². The Morgan fingerprint density at radius 2 is 2.23 bits per heavy atom. The van der Waals surface area contributed by atoms with Crippen LogP contribution in [0.3, 0.4) is 0 Å². The van der Waals surface area contributed by atoms with Gasteiger partial charge in [-0.25, -0.2) is 9.79 Å². The first-order valence-electron chi connectivity index (χ1n) is 3.75. The number of hydrogen-bond donors (Lipinski definition) is 1. The fourth-order valence-electron chi connectivity index (χ4n) is 0.985. The molecule has 0 aliphatic rings. The minimum Gasteiger partial charge on any atom is -0.507 e. The first kappa shape index (κ1) is 9.23. The smallest absolute Gasteiger partial charge is 0.235 e. The van der Waals surface area contributed by atoms with Gasteiger partial charge in [0.1, 0.15) is 5.75 Å². The number of aliphatic imine (C=N–C) groups is 1. The zero-order valence-corrected chi connectivity index (χ0v) is 7.03. The van der Waals surface area contributed by atoms with Crippen molar-refractivity contribution >= 4 is 11.7 Å². The molecule has 3 heteroatoms. The molecular formula is C10H9NO2. The highest BCUT2D eigenvalue weighted by atomic mass is 16.3. The van der Waals surface area contributed by atoms with Gasteiger partial charge in [0.25, 0.3) is 0 Å². The summed E-state index contributed by atoms with van der Waals surface area (Å²) in [7, 11) is 0. The maximum absolute atomic E-state index is 9.83. The maximum Gasteiger partial charge on any atom is 0.235 e. The Hall–Kier alpha value is -1.86. The number of carbonyl (C=O) groups excluding carboxylic acids is 1. The summed E-state index contributed by atoms with van der Waals surface area (Å²) in [4.78, 5) is 13.2. The van der Waals surface area contributed by atoms with Gasteiger partial charge in [-0.15, -0.1) is 0 Å². The van der Waals surface area contributed by atoms with E-state index in [1.807, 2.05) is 0 Å². The second kappa shape index (κ2) is 4.24. The number of benzene rings is 1. The van der Waals surface area contributed by atoms with Gasteiger partial charge in [0, 0.05) is 5.56 Å². The van der Waals surface area contributed by atoms with E-state index in [1.54, 1.807) is 24.3 Å². The predicted molar refractivity (Wildman–Crippen MR) is 50.1 cm³/mol. The standard InChI is InChI=1S/C10H9NO2/c1-8(6-11-7-12)9-4-2-3-5-10(9)13/h2-5,13H,1,6H2. The van der Waals surface area contributed by atoms with Gasteiger partial charge in [-0.3, -0.25) is 0 Å². The lowest BCUT2D eigenvalue weighted by molar-refractivity contribution is 0.473. The van der Waals surface area contributed by atoms with Crippen LogP contribution in [0.1, 0.15) is 5.56 Å². The molecule has 0 bridgehead atoms. The highest BCUT2D eigenvalue weighted by Gasteiger charge is 2.02. The van der Waals surface area contributed by atoms with Crippen LogP contribution in [0.15, 0.2) is 35.8 Å². The number of isocyanates is 1. The second-order valence-electron chi connectivity index (χ2n) is 2.53. The second-order valence-corrected chi connectivity index (χ2v) is 2.53. The van der Waals surface area contributed by atoms with Crippen LogP contribution in [-0.4, -0.2) is 17.7 Å². The summed E-state index contributed by atoms with van der Waals surface area (Å²) in [5.41, 5.74) is 1.21. The monoisotopic (exact) mass is 175 g/mol. The van der Waals surface area contributed by atoms with Crippen LogP contribution in [0.4, 0.5) is 0 Å². The SMILES string of the molecule is C=C(CN=C=O)c1ccccc1O. The lowest BCUT2D eigenvalue weighted by Crippen LogP contribution is -1.87. The molecule has 0 aromatic heterocycles. The number of para-hydroxylation sites is 1. The third-order valence-electron chi connectivity index (χ3n) is 1.62. The third kappa shape index (κ3) is 2.29. The van der Waals surface area contributed by atoms with E-state index in [2.05, 4.69) is 11.6 Å². The van der Waals surface area contributed by atoms with Crippen molar-refractivity contribution in [3.8, 4) is 5.75 Å². The summed E-state index contributed by atoms with van der Waals surface area (Å²) in [6.07, 6.45) is 1.42. The Labute approximate surface area is 76.1 Å². The van der Waals surface area contributed by atoms with Crippen molar-refractivity contribution in [1.29, 1.82) is 0 Å². The van der Waals surface area contributed by atoms with Crippen LogP contribution in [0, 0.1) is 0 Å². The van der Waals surface area contributed by atoms with E-state index in [9.17, 15) is 9.90 Å². The molecule has 1 aromatic carbocycles. The summed E-state index contributed by atoms with van der Waals surface area (Å²) in [5, 5.41) is 9.38. The van der Waals surface area contributed by atoms with E-state index in [-0.39, 0.29) is 12.3 Å². The molecule has 0 spiro atoms.